The van der Waals surface area contributed by atoms with E-state index in [9.17, 15) is 5.11 Å². The van der Waals surface area contributed by atoms with Gasteiger partial charge in [0.25, 0.3) is 0 Å². The van der Waals surface area contributed by atoms with Crippen molar-refractivity contribution in [1.82, 2.24) is 0 Å². The maximum absolute atomic E-state index is 9.31. The second kappa shape index (κ2) is 13.0. The predicted molar refractivity (Wildman–Crippen MR) is 96.2 cm³/mol. The molecule has 0 saturated heterocycles. The lowest BCUT2D eigenvalue weighted by molar-refractivity contribution is 0.275. The molecule has 0 atom stereocenters. The Labute approximate surface area is 141 Å². The van der Waals surface area contributed by atoms with Crippen molar-refractivity contribution in [3.8, 4) is 11.5 Å². The van der Waals surface area contributed by atoms with Crippen LogP contribution in [0.4, 0.5) is 0 Å². The Kier molecular flexibility index (Phi) is 11.1. The summed E-state index contributed by atoms with van der Waals surface area (Å²) in [6.07, 6.45) is 12.0. The molecule has 1 aromatic rings. The largest absolute Gasteiger partial charge is 0.493 e. The van der Waals surface area contributed by atoms with Gasteiger partial charge < -0.3 is 14.6 Å². The molecule has 0 aliphatic rings. The summed E-state index contributed by atoms with van der Waals surface area (Å²) >= 11 is 0. The van der Waals surface area contributed by atoms with E-state index in [2.05, 4.69) is 13.5 Å². The van der Waals surface area contributed by atoms with Gasteiger partial charge in [0.05, 0.1) is 13.2 Å². The number of aliphatic hydroxyl groups excluding tert-OH is 1. The first-order valence-electron chi connectivity index (χ1n) is 8.91. The van der Waals surface area contributed by atoms with Crippen molar-refractivity contribution in [3.05, 3.63) is 36.4 Å². The van der Waals surface area contributed by atoms with Crippen molar-refractivity contribution in [2.24, 2.45) is 0 Å². The van der Waals surface area contributed by atoms with Gasteiger partial charge in [0, 0.05) is 6.07 Å². The van der Waals surface area contributed by atoms with Crippen molar-refractivity contribution in [2.45, 2.75) is 64.9 Å². The Bertz CT molecular complexity index is 429. The third kappa shape index (κ3) is 9.29. The first kappa shape index (κ1) is 19.6. The van der Waals surface area contributed by atoms with Crippen molar-refractivity contribution >= 4 is 0 Å². The minimum Gasteiger partial charge on any atom is -0.493 e. The van der Waals surface area contributed by atoms with Gasteiger partial charge in [0.15, 0.2) is 0 Å². The highest BCUT2D eigenvalue weighted by atomic mass is 16.5. The average Bonchev–Trinajstić information content (AvgIpc) is 2.58. The van der Waals surface area contributed by atoms with E-state index in [0.29, 0.717) is 19.0 Å². The summed E-state index contributed by atoms with van der Waals surface area (Å²) in [4.78, 5) is 0. The lowest BCUT2D eigenvalue weighted by atomic mass is 10.1. The van der Waals surface area contributed by atoms with Gasteiger partial charge in [-0.2, -0.15) is 0 Å². The molecule has 0 aromatic heterocycles. The fourth-order valence-corrected chi connectivity index (χ4v) is 2.47. The van der Waals surface area contributed by atoms with Crippen LogP contribution in [0.5, 0.6) is 11.5 Å². The van der Waals surface area contributed by atoms with Crippen molar-refractivity contribution in [1.29, 1.82) is 0 Å². The van der Waals surface area contributed by atoms with Crippen LogP contribution >= 0.6 is 0 Å². The maximum Gasteiger partial charge on any atom is 0.123 e. The number of rotatable bonds is 14. The van der Waals surface area contributed by atoms with E-state index in [1.54, 1.807) is 6.08 Å². The Hall–Kier alpha value is -1.48. The lowest BCUT2D eigenvalue weighted by Crippen LogP contribution is -2.00. The smallest absolute Gasteiger partial charge is 0.123 e. The fourth-order valence-electron chi connectivity index (χ4n) is 2.47. The average molecular weight is 320 g/mol. The summed E-state index contributed by atoms with van der Waals surface area (Å²) in [6, 6.07) is 5.56. The molecular formula is C20H32O3. The molecule has 0 unspecified atom stereocenters. The van der Waals surface area contributed by atoms with Gasteiger partial charge in [-0.05, 0) is 24.1 Å². The summed E-state index contributed by atoms with van der Waals surface area (Å²) in [6.45, 7) is 7.03. The first-order valence-corrected chi connectivity index (χ1v) is 8.91. The van der Waals surface area contributed by atoms with Gasteiger partial charge in [-0.15, -0.1) is 0 Å². The lowest BCUT2D eigenvalue weighted by Gasteiger charge is -2.11. The SMILES string of the molecule is C=CCOc1cc(CO)cc(OCCCCCCCCCC)c1. The molecule has 0 radical (unpaired) electrons. The van der Waals surface area contributed by atoms with Crippen LogP contribution in [-0.4, -0.2) is 18.3 Å². The van der Waals surface area contributed by atoms with Crippen molar-refractivity contribution in [2.75, 3.05) is 13.2 Å². The van der Waals surface area contributed by atoms with Gasteiger partial charge in [-0.1, -0.05) is 64.5 Å². The molecule has 130 valence electrons. The minimum absolute atomic E-state index is 0.0145. The van der Waals surface area contributed by atoms with E-state index in [-0.39, 0.29) is 6.61 Å². The third-order valence-electron chi connectivity index (χ3n) is 3.76. The highest BCUT2D eigenvalue weighted by molar-refractivity contribution is 5.38. The fraction of sp³-hybridized carbons (Fsp3) is 0.600. The zero-order valence-electron chi connectivity index (χ0n) is 14.6. The molecule has 0 fully saturated rings. The summed E-state index contributed by atoms with van der Waals surface area (Å²) < 4.78 is 11.3. The van der Waals surface area contributed by atoms with Crippen molar-refractivity contribution in [3.63, 3.8) is 0 Å². The van der Waals surface area contributed by atoms with Gasteiger partial charge in [-0.3, -0.25) is 0 Å². The molecule has 0 amide bonds. The summed E-state index contributed by atoms with van der Waals surface area (Å²) in [5.41, 5.74) is 0.803. The molecule has 23 heavy (non-hydrogen) atoms. The van der Waals surface area contributed by atoms with Gasteiger partial charge in [-0.25, -0.2) is 0 Å². The van der Waals surface area contributed by atoms with E-state index in [1.165, 1.54) is 44.9 Å². The highest BCUT2D eigenvalue weighted by Gasteiger charge is 2.03. The van der Waals surface area contributed by atoms with Crippen LogP contribution in [0.15, 0.2) is 30.9 Å². The van der Waals surface area contributed by atoms with E-state index in [1.807, 2.05) is 18.2 Å². The molecule has 3 heteroatoms. The number of hydrogen-bond acceptors (Lipinski definition) is 3. The Morgan fingerprint density at radius 3 is 2.13 bits per heavy atom. The predicted octanol–water partition coefficient (Wildman–Crippen LogP) is 5.26. The van der Waals surface area contributed by atoms with E-state index in [4.69, 9.17) is 9.47 Å². The molecule has 1 N–H and O–H groups in total. The van der Waals surface area contributed by atoms with E-state index >= 15 is 0 Å². The van der Waals surface area contributed by atoms with Crippen LogP contribution in [0.2, 0.25) is 0 Å². The molecule has 3 nitrogen and oxygen atoms in total. The Morgan fingerprint density at radius 2 is 1.52 bits per heavy atom. The normalized spacial score (nSPS) is 10.5. The van der Waals surface area contributed by atoms with Gasteiger partial charge in [0.1, 0.15) is 18.1 Å². The maximum atomic E-state index is 9.31. The molecule has 0 spiro atoms. The third-order valence-corrected chi connectivity index (χ3v) is 3.76. The van der Waals surface area contributed by atoms with Crippen LogP contribution in [-0.2, 0) is 6.61 Å². The number of aliphatic hydroxyl groups is 1. The molecule has 0 aliphatic heterocycles. The van der Waals surface area contributed by atoms with Crippen molar-refractivity contribution < 1.29 is 14.6 Å². The molecule has 0 aliphatic carbocycles. The van der Waals surface area contributed by atoms with Crippen LogP contribution in [0, 0.1) is 0 Å². The molecule has 0 saturated carbocycles. The highest BCUT2D eigenvalue weighted by Crippen LogP contribution is 2.23. The summed E-state index contributed by atoms with van der Waals surface area (Å²) in [5, 5.41) is 9.31. The number of ether oxygens (including phenoxy) is 2. The quantitative estimate of drug-likeness (QED) is 0.375. The first-order chi connectivity index (χ1) is 11.3. The van der Waals surface area contributed by atoms with Crippen LogP contribution < -0.4 is 9.47 Å². The molecular weight excluding hydrogens is 288 g/mol. The minimum atomic E-state index is -0.0145. The summed E-state index contributed by atoms with van der Waals surface area (Å²) in [7, 11) is 0. The monoisotopic (exact) mass is 320 g/mol. The van der Waals surface area contributed by atoms with Gasteiger partial charge >= 0.3 is 0 Å². The van der Waals surface area contributed by atoms with Gasteiger partial charge in [0.2, 0.25) is 0 Å². The summed E-state index contributed by atoms with van der Waals surface area (Å²) in [5.74, 6) is 1.47. The zero-order chi connectivity index (χ0) is 16.8. The standard InChI is InChI=1S/C20H32O3/c1-3-5-6-7-8-9-10-11-13-23-20-15-18(17-21)14-19(16-20)22-12-4-2/h4,14-16,21H,2-3,5-13,17H2,1H3. The molecule has 0 bridgehead atoms. The second-order valence-electron chi connectivity index (χ2n) is 5.89. The number of benzene rings is 1. The zero-order valence-corrected chi connectivity index (χ0v) is 14.6. The van der Waals surface area contributed by atoms with Crippen LogP contribution in [0.3, 0.4) is 0 Å². The topological polar surface area (TPSA) is 38.7 Å². The number of hydrogen-bond donors (Lipinski definition) is 1. The Morgan fingerprint density at radius 1 is 0.913 bits per heavy atom. The van der Waals surface area contributed by atoms with Crippen LogP contribution in [0.1, 0.15) is 63.9 Å². The molecule has 1 aromatic carbocycles. The van der Waals surface area contributed by atoms with Crippen LogP contribution in [0.25, 0.3) is 0 Å². The van der Waals surface area contributed by atoms with E-state index < -0.39 is 0 Å². The molecule has 1 rings (SSSR count). The second-order valence-corrected chi connectivity index (χ2v) is 5.89. The Balaban J connectivity index is 2.24. The number of unbranched alkanes of at least 4 members (excludes halogenated alkanes) is 7. The van der Waals surface area contributed by atoms with E-state index in [0.717, 1.165) is 17.7 Å². The molecule has 0 heterocycles.